The summed E-state index contributed by atoms with van der Waals surface area (Å²) in [4.78, 5) is 4.29. The van der Waals surface area contributed by atoms with Crippen molar-refractivity contribution in [3.8, 4) is 11.4 Å². The predicted octanol–water partition coefficient (Wildman–Crippen LogP) is 5.75. The number of ether oxygens (including phenoxy) is 1. The molecule has 0 aliphatic rings. The van der Waals surface area contributed by atoms with Crippen LogP contribution in [-0.4, -0.2) is 16.7 Å². The Morgan fingerprint density at radius 2 is 1.97 bits per heavy atom. The molecule has 1 N–H and O–H groups in total. The number of benzene rings is 3. The number of methoxy groups -OCH3 is 1. The number of rotatable bonds is 7. The zero-order chi connectivity index (χ0) is 20.1. The number of hydrogen-bond acceptors (Lipinski definition) is 4. The Hall–Kier alpha value is -3.02. The summed E-state index contributed by atoms with van der Waals surface area (Å²) < 4.78 is 11.0. The minimum absolute atomic E-state index is 0.804. The van der Waals surface area contributed by atoms with Gasteiger partial charge in [-0.15, -0.1) is 0 Å². The lowest BCUT2D eigenvalue weighted by atomic mass is 10.1. The summed E-state index contributed by atoms with van der Waals surface area (Å²) in [6, 6.07) is 21.1. The van der Waals surface area contributed by atoms with E-state index in [0.717, 1.165) is 29.2 Å². The predicted molar refractivity (Wildman–Crippen MR) is 122 cm³/mol. The van der Waals surface area contributed by atoms with Gasteiger partial charge in [-0.1, -0.05) is 60.5 Å². The molecule has 146 valence electrons. The second-order valence-electron chi connectivity index (χ2n) is 6.73. The van der Waals surface area contributed by atoms with Gasteiger partial charge >= 0.3 is 0 Å². The SMILES string of the molecule is COc1cc(/C=C/SNCc2cccc3ccccc23)ccc1-n1cnc(C)c1. The first-order valence-electron chi connectivity index (χ1n) is 9.45. The third-order valence-electron chi connectivity index (χ3n) is 4.75. The molecule has 4 rings (SSSR count). The molecule has 0 bridgehead atoms. The number of nitrogens with one attached hydrogen (secondary N) is 1. The lowest BCUT2D eigenvalue weighted by Crippen LogP contribution is -2.02. The smallest absolute Gasteiger partial charge is 0.143 e. The van der Waals surface area contributed by atoms with Crippen molar-refractivity contribution in [1.82, 2.24) is 14.3 Å². The van der Waals surface area contributed by atoms with Gasteiger partial charge in [0.1, 0.15) is 5.75 Å². The van der Waals surface area contributed by atoms with Gasteiger partial charge in [0, 0.05) is 12.7 Å². The molecular weight excluding hydrogens is 378 g/mol. The van der Waals surface area contributed by atoms with Gasteiger partial charge < -0.3 is 9.30 Å². The number of aromatic nitrogens is 2. The molecule has 4 nitrogen and oxygen atoms in total. The van der Waals surface area contributed by atoms with E-state index in [1.807, 2.05) is 29.8 Å². The van der Waals surface area contributed by atoms with Gasteiger partial charge in [-0.3, -0.25) is 4.72 Å². The van der Waals surface area contributed by atoms with Crippen LogP contribution < -0.4 is 9.46 Å². The molecule has 1 heterocycles. The first-order valence-corrected chi connectivity index (χ1v) is 10.3. The monoisotopic (exact) mass is 401 g/mol. The van der Waals surface area contributed by atoms with Gasteiger partial charge in [-0.25, -0.2) is 4.98 Å². The summed E-state index contributed by atoms with van der Waals surface area (Å²) in [7, 11) is 1.69. The summed E-state index contributed by atoms with van der Waals surface area (Å²) in [6.07, 6.45) is 5.86. The van der Waals surface area contributed by atoms with Crippen molar-refractivity contribution in [3.63, 3.8) is 0 Å². The van der Waals surface area contributed by atoms with Gasteiger partial charge in [0.05, 0.1) is 24.8 Å². The highest BCUT2D eigenvalue weighted by Crippen LogP contribution is 2.25. The molecule has 0 amide bonds. The molecule has 3 aromatic carbocycles. The molecule has 0 spiro atoms. The maximum atomic E-state index is 5.57. The number of aryl methyl sites for hydroxylation is 1. The third-order valence-corrected chi connectivity index (χ3v) is 5.33. The van der Waals surface area contributed by atoms with Crippen LogP contribution in [0.15, 0.2) is 78.6 Å². The Labute approximate surface area is 175 Å². The Morgan fingerprint density at radius 1 is 1.10 bits per heavy atom. The molecular formula is C24H23N3OS. The second-order valence-corrected chi connectivity index (χ2v) is 7.53. The Balaban J connectivity index is 1.39. The van der Waals surface area contributed by atoms with Crippen LogP contribution in [0.2, 0.25) is 0 Å². The number of hydrogen-bond donors (Lipinski definition) is 1. The van der Waals surface area contributed by atoms with Gasteiger partial charge in [-0.05, 0) is 52.4 Å². The number of fused-ring (bicyclic) bond motifs is 1. The minimum Gasteiger partial charge on any atom is -0.495 e. The van der Waals surface area contributed by atoms with E-state index < -0.39 is 0 Å². The molecule has 0 saturated carbocycles. The number of imidazole rings is 1. The fourth-order valence-electron chi connectivity index (χ4n) is 3.29. The van der Waals surface area contributed by atoms with Crippen molar-refractivity contribution in [1.29, 1.82) is 0 Å². The van der Waals surface area contributed by atoms with Crippen molar-refractivity contribution in [2.24, 2.45) is 0 Å². The van der Waals surface area contributed by atoms with E-state index in [2.05, 4.69) is 69.7 Å². The minimum atomic E-state index is 0.804. The Morgan fingerprint density at radius 3 is 2.79 bits per heavy atom. The van der Waals surface area contributed by atoms with Crippen molar-refractivity contribution >= 4 is 28.8 Å². The van der Waals surface area contributed by atoms with Crippen LogP contribution in [0.4, 0.5) is 0 Å². The van der Waals surface area contributed by atoms with Crippen molar-refractivity contribution in [2.45, 2.75) is 13.5 Å². The average molecular weight is 402 g/mol. The molecule has 0 radical (unpaired) electrons. The van der Waals surface area contributed by atoms with E-state index >= 15 is 0 Å². The van der Waals surface area contributed by atoms with E-state index in [1.165, 1.54) is 16.3 Å². The zero-order valence-electron chi connectivity index (χ0n) is 16.5. The van der Waals surface area contributed by atoms with Crippen LogP contribution in [0.1, 0.15) is 16.8 Å². The van der Waals surface area contributed by atoms with E-state index in [0.29, 0.717) is 0 Å². The summed E-state index contributed by atoms with van der Waals surface area (Å²) >= 11 is 1.58. The van der Waals surface area contributed by atoms with E-state index in [9.17, 15) is 0 Å². The van der Waals surface area contributed by atoms with E-state index in [1.54, 1.807) is 25.4 Å². The van der Waals surface area contributed by atoms with Crippen LogP contribution in [0.5, 0.6) is 5.75 Å². The Bertz CT molecular complexity index is 1140. The molecule has 0 fully saturated rings. The molecule has 0 saturated heterocycles. The maximum Gasteiger partial charge on any atom is 0.143 e. The highest BCUT2D eigenvalue weighted by molar-refractivity contribution is 8.00. The van der Waals surface area contributed by atoms with Crippen molar-refractivity contribution in [2.75, 3.05) is 7.11 Å². The lowest BCUT2D eigenvalue weighted by Gasteiger charge is -2.10. The maximum absolute atomic E-state index is 5.57. The first-order chi connectivity index (χ1) is 14.2. The largest absolute Gasteiger partial charge is 0.495 e. The van der Waals surface area contributed by atoms with Gasteiger partial charge in [0.2, 0.25) is 0 Å². The summed E-state index contributed by atoms with van der Waals surface area (Å²) in [6.45, 7) is 2.78. The second kappa shape index (κ2) is 8.99. The molecule has 5 heteroatoms. The third kappa shape index (κ3) is 4.53. The molecule has 4 aromatic rings. The fraction of sp³-hybridized carbons (Fsp3) is 0.125. The van der Waals surface area contributed by atoms with Crippen LogP contribution in [0, 0.1) is 6.92 Å². The molecule has 1 aromatic heterocycles. The van der Waals surface area contributed by atoms with Crippen LogP contribution in [-0.2, 0) is 6.54 Å². The average Bonchev–Trinajstić information content (AvgIpc) is 3.19. The molecule has 0 aliphatic heterocycles. The number of nitrogens with zero attached hydrogens (tertiary/aromatic N) is 2. The van der Waals surface area contributed by atoms with Crippen LogP contribution >= 0.6 is 11.9 Å². The van der Waals surface area contributed by atoms with Crippen LogP contribution in [0.25, 0.3) is 22.5 Å². The highest BCUT2D eigenvalue weighted by Gasteiger charge is 2.06. The topological polar surface area (TPSA) is 39.1 Å². The molecule has 0 atom stereocenters. The normalized spacial score (nSPS) is 11.4. The fourth-order valence-corrected chi connectivity index (χ4v) is 3.85. The first kappa shape index (κ1) is 19.3. The quantitative estimate of drug-likeness (QED) is 0.316. The zero-order valence-corrected chi connectivity index (χ0v) is 17.3. The summed E-state index contributed by atoms with van der Waals surface area (Å²) in [5, 5.41) is 4.62. The van der Waals surface area contributed by atoms with Crippen molar-refractivity contribution in [3.05, 3.63) is 95.4 Å². The lowest BCUT2D eigenvalue weighted by molar-refractivity contribution is 0.413. The van der Waals surface area contributed by atoms with Crippen molar-refractivity contribution < 1.29 is 4.74 Å². The molecule has 0 unspecified atom stereocenters. The summed E-state index contributed by atoms with van der Waals surface area (Å²) in [5.74, 6) is 0.818. The van der Waals surface area contributed by atoms with E-state index in [4.69, 9.17) is 4.74 Å². The highest BCUT2D eigenvalue weighted by atomic mass is 32.2. The molecule has 29 heavy (non-hydrogen) atoms. The van der Waals surface area contributed by atoms with Gasteiger partial charge in [0.15, 0.2) is 0 Å². The van der Waals surface area contributed by atoms with Crippen LogP contribution in [0.3, 0.4) is 0 Å². The summed E-state index contributed by atoms with van der Waals surface area (Å²) in [5.41, 5.74) is 4.34. The molecule has 0 aliphatic carbocycles. The van der Waals surface area contributed by atoms with Gasteiger partial charge in [-0.2, -0.15) is 0 Å². The standard InChI is InChI=1S/C24H23N3OS/c1-18-16-27(17-25-18)23-11-10-19(14-24(23)28-2)12-13-29-26-15-21-8-5-7-20-6-3-4-9-22(20)21/h3-14,16-17,26H,15H2,1-2H3/b13-12+. The Kier molecular flexibility index (Phi) is 5.98. The van der Waals surface area contributed by atoms with Gasteiger partial charge in [0.25, 0.3) is 0 Å². The van der Waals surface area contributed by atoms with E-state index in [-0.39, 0.29) is 0 Å².